The molecule has 0 N–H and O–H groups in total. The summed E-state index contributed by atoms with van der Waals surface area (Å²) in [7, 11) is -3.83. The third-order valence-corrected chi connectivity index (χ3v) is 5.12. The predicted molar refractivity (Wildman–Crippen MR) is 93.2 cm³/mol. The van der Waals surface area contributed by atoms with Gasteiger partial charge in [0.1, 0.15) is 0 Å². The Hall–Kier alpha value is 1.60. The summed E-state index contributed by atoms with van der Waals surface area (Å²) in [6, 6.07) is 14.1. The van der Waals surface area contributed by atoms with Crippen molar-refractivity contribution in [3.05, 3.63) is 69.7 Å². The molecule has 0 aromatic heterocycles. The van der Waals surface area contributed by atoms with Crippen molar-refractivity contribution in [2.75, 3.05) is 0 Å². The topological polar surface area (TPSA) is 63.2 Å². The van der Waals surface area contributed by atoms with E-state index in [0.29, 0.717) is 21.2 Å². The second-order valence-electron chi connectivity index (χ2n) is 4.06. The zero-order chi connectivity index (χ0) is 16.6. The summed E-state index contributed by atoms with van der Waals surface area (Å²) in [5.74, 6) is 0.709. The summed E-state index contributed by atoms with van der Waals surface area (Å²) in [6.07, 6.45) is 0. The normalized spacial score (nSPS) is 9.71. The van der Waals surface area contributed by atoms with E-state index in [1.54, 1.807) is 24.3 Å². The van der Waals surface area contributed by atoms with Crippen molar-refractivity contribution in [1.29, 1.82) is 0 Å². The number of alkyl halides is 1. The Kier molecular flexibility index (Phi) is 17.0. The average Bonchev–Trinajstić information content (AvgIpc) is 2.47. The molecule has 0 aliphatic rings. The first-order valence-corrected chi connectivity index (χ1v) is 10.2. The van der Waals surface area contributed by atoms with Gasteiger partial charge in [0.05, 0.1) is 9.05 Å². The summed E-state index contributed by atoms with van der Waals surface area (Å²) in [5, 5.41) is 1.34. The molecule has 2 aromatic rings. The van der Waals surface area contributed by atoms with Gasteiger partial charge in [-0.1, -0.05) is 47.5 Å². The molecule has 0 bridgehead atoms. The summed E-state index contributed by atoms with van der Waals surface area (Å²) in [4.78, 5) is 0. The van der Waals surface area contributed by atoms with E-state index in [4.69, 9.17) is 34.8 Å². The van der Waals surface area contributed by atoms with E-state index in [2.05, 4.69) is 0 Å². The van der Waals surface area contributed by atoms with E-state index in [-0.39, 0.29) is 64.9 Å². The minimum absolute atomic E-state index is 0. The number of hydrogen-bond acceptors (Lipinski definition) is 3. The Morgan fingerprint density at radius 2 is 1.21 bits per heavy atom. The first kappa shape index (κ1) is 27.8. The molecule has 0 unspecified atom stereocenters. The van der Waals surface area contributed by atoms with Crippen molar-refractivity contribution in [3.8, 4) is 0 Å². The van der Waals surface area contributed by atoms with Gasteiger partial charge < -0.3 is 9.11 Å². The second kappa shape index (κ2) is 14.6. The van der Waals surface area contributed by atoms with E-state index in [0.717, 1.165) is 16.1 Å². The summed E-state index contributed by atoms with van der Waals surface area (Å²) in [5.41, 5.74) is 1.86. The molecule has 0 saturated carbocycles. The quantitative estimate of drug-likeness (QED) is 0.328. The van der Waals surface area contributed by atoms with Crippen LogP contribution in [-0.2, 0) is 31.0 Å². The molecule has 0 aliphatic carbocycles. The zero-order valence-electron chi connectivity index (χ0n) is 13.2. The molecule has 24 heavy (non-hydrogen) atoms. The monoisotopic (exact) mass is 443 g/mol. The molecular weight excluding hydrogens is 433 g/mol. The summed E-state index contributed by atoms with van der Waals surface area (Å²) >= 11 is 16.8. The van der Waals surface area contributed by atoms with Crippen LogP contribution in [0.1, 0.15) is 11.1 Å². The SMILES string of the molecule is ClCc1ccc(Cl)cc1.O=S([O-])([O-])=[S+]Cc1ccc(Cl)cc1.[Na+].[Na+]. The van der Waals surface area contributed by atoms with Gasteiger partial charge in [-0.15, -0.1) is 11.6 Å². The Labute approximate surface area is 205 Å². The van der Waals surface area contributed by atoms with E-state index in [1.807, 2.05) is 24.3 Å². The Morgan fingerprint density at radius 3 is 1.54 bits per heavy atom. The molecule has 0 aliphatic heterocycles. The van der Waals surface area contributed by atoms with Crippen LogP contribution in [0.2, 0.25) is 10.0 Å². The Bertz CT molecular complexity index is 696. The molecular formula is C14H12Cl3Na2O3S2+. The number of hydrogen-bond donors (Lipinski definition) is 0. The van der Waals surface area contributed by atoms with Gasteiger partial charge in [-0.2, -0.15) is 0 Å². The van der Waals surface area contributed by atoms with Crippen LogP contribution < -0.4 is 59.1 Å². The minimum atomic E-state index is -4.20. The van der Waals surface area contributed by atoms with Crippen LogP contribution in [0.25, 0.3) is 0 Å². The molecule has 0 saturated heterocycles. The molecule has 0 atom stereocenters. The fourth-order valence-corrected chi connectivity index (χ4v) is 3.04. The van der Waals surface area contributed by atoms with Crippen molar-refractivity contribution in [1.82, 2.24) is 0 Å². The fraction of sp³-hybridized carbons (Fsp3) is 0.143. The number of rotatable bonds is 3. The molecule has 3 nitrogen and oxygen atoms in total. The van der Waals surface area contributed by atoms with Crippen LogP contribution in [0, 0.1) is 0 Å². The standard InChI is InChI=1S/C7H6Cl2.C7H7ClO3S2.2Na/c8-5-6-1-3-7(9)4-2-6;8-7-3-1-6(2-4-7)5-12-13(9,10)11;;/h1-4H,5H2;1-4H,5H2,(H-,9,10,11);;/q;;2*+1/p-1. The molecule has 0 amide bonds. The zero-order valence-corrected chi connectivity index (χ0v) is 21.1. The molecule has 0 radical (unpaired) electrons. The number of benzene rings is 2. The molecule has 2 aromatic carbocycles. The van der Waals surface area contributed by atoms with E-state index >= 15 is 0 Å². The summed E-state index contributed by atoms with van der Waals surface area (Å²) < 4.78 is 30.8. The van der Waals surface area contributed by atoms with Crippen molar-refractivity contribution in [2.45, 2.75) is 11.6 Å². The van der Waals surface area contributed by atoms with Crippen LogP contribution >= 0.6 is 34.8 Å². The minimum Gasteiger partial charge on any atom is -0.746 e. The Morgan fingerprint density at radius 1 is 0.833 bits per heavy atom. The fourth-order valence-electron chi connectivity index (χ4n) is 1.29. The Balaban J connectivity index is 0. The van der Waals surface area contributed by atoms with Gasteiger partial charge in [0.15, 0.2) is 0 Å². The van der Waals surface area contributed by atoms with Crippen LogP contribution in [0.3, 0.4) is 0 Å². The maximum Gasteiger partial charge on any atom is 1.00 e. The van der Waals surface area contributed by atoms with Crippen molar-refractivity contribution in [2.24, 2.45) is 0 Å². The van der Waals surface area contributed by atoms with Crippen LogP contribution in [0.15, 0.2) is 48.5 Å². The maximum absolute atomic E-state index is 10.3. The van der Waals surface area contributed by atoms with Crippen molar-refractivity contribution >= 4 is 54.2 Å². The third-order valence-electron chi connectivity index (χ3n) is 2.35. The van der Waals surface area contributed by atoms with E-state index < -0.39 is 9.05 Å². The van der Waals surface area contributed by atoms with E-state index in [1.165, 1.54) is 0 Å². The summed E-state index contributed by atoms with van der Waals surface area (Å²) in [6.45, 7) is 0. The smallest absolute Gasteiger partial charge is 0.746 e. The van der Waals surface area contributed by atoms with Crippen molar-refractivity contribution < 1.29 is 72.4 Å². The van der Waals surface area contributed by atoms with Crippen LogP contribution in [-0.4, -0.2) is 13.3 Å². The molecule has 0 fully saturated rings. The van der Waals surface area contributed by atoms with Gasteiger partial charge in [0.2, 0.25) is 16.1 Å². The first-order chi connectivity index (χ1) is 10.3. The van der Waals surface area contributed by atoms with Gasteiger partial charge in [0.25, 0.3) is 0 Å². The maximum atomic E-state index is 10.3. The first-order valence-electron chi connectivity index (χ1n) is 5.95. The third kappa shape index (κ3) is 13.8. The predicted octanol–water partition coefficient (Wildman–Crippen LogP) is -1.53. The van der Waals surface area contributed by atoms with Crippen LogP contribution in [0.4, 0.5) is 0 Å². The number of halogens is 3. The van der Waals surface area contributed by atoms with Gasteiger partial charge in [-0.3, -0.25) is 0 Å². The van der Waals surface area contributed by atoms with Crippen molar-refractivity contribution in [3.63, 3.8) is 0 Å². The molecule has 0 spiro atoms. The van der Waals surface area contributed by atoms with Gasteiger partial charge in [-0.05, 0) is 29.8 Å². The molecule has 2 rings (SSSR count). The van der Waals surface area contributed by atoms with Gasteiger partial charge >= 0.3 is 59.1 Å². The molecule has 0 heterocycles. The van der Waals surface area contributed by atoms with E-state index in [9.17, 15) is 13.3 Å². The average molecular weight is 445 g/mol. The second-order valence-corrected chi connectivity index (χ2v) is 8.47. The molecule has 10 heteroatoms. The molecule has 120 valence electrons. The largest absolute Gasteiger partial charge is 1.00 e. The van der Waals surface area contributed by atoms with Gasteiger partial charge in [0, 0.05) is 21.5 Å². The van der Waals surface area contributed by atoms with Crippen LogP contribution in [0.5, 0.6) is 0 Å². The van der Waals surface area contributed by atoms with Gasteiger partial charge in [-0.25, -0.2) is 4.21 Å².